The Kier molecular flexibility index (Phi) is 4.63. The first-order valence-electron chi connectivity index (χ1n) is 5.75. The maximum atomic E-state index is 11.0. The van der Waals surface area contributed by atoms with Gasteiger partial charge in [0.15, 0.2) is 0 Å². The highest BCUT2D eigenvalue weighted by atomic mass is 16.6. The van der Waals surface area contributed by atoms with Crippen LogP contribution in [-0.4, -0.2) is 21.7 Å². The Morgan fingerprint density at radius 2 is 2.06 bits per heavy atom. The third-order valence-corrected chi connectivity index (χ3v) is 2.98. The molecule has 18 heavy (non-hydrogen) atoms. The maximum absolute atomic E-state index is 11.0. The standard InChI is InChI=1S/C12H18N2O4/c1-7(5-6-15)9-3-4-10(13)12(14(17)18)11(9)8(2)16/h3-4,7-8,15-16H,5-6,13H2,1-2H3. The highest BCUT2D eigenvalue weighted by molar-refractivity contribution is 5.65. The second kappa shape index (κ2) is 5.79. The number of anilines is 1. The monoisotopic (exact) mass is 254 g/mol. The van der Waals surface area contributed by atoms with Crippen molar-refractivity contribution < 1.29 is 15.1 Å². The first-order valence-corrected chi connectivity index (χ1v) is 5.75. The van der Waals surface area contributed by atoms with E-state index in [9.17, 15) is 15.2 Å². The van der Waals surface area contributed by atoms with Crippen LogP contribution in [-0.2, 0) is 0 Å². The molecule has 0 fully saturated rings. The van der Waals surface area contributed by atoms with Crippen molar-refractivity contribution in [2.24, 2.45) is 0 Å². The fraction of sp³-hybridized carbons (Fsp3) is 0.500. The molecule has 100 valence electrons. The third kappa shape index (κ3) is 2.77. The van der Waals surface area contributed by atoms with Gasteiger partial charge < -0.3 is 15.9 Å². The number of aliphatic hydroxyl groups is 2. The van der Waals surface area contributed by atoms with E-state index in [0.29, 0.717) is 12.0 Å². The summed E-state index contributed by atoms with van der Waals surface area (Å²) in [6.07, 6.45) is -0.508. The summed E-state index contributed by atoms with van der Waals surface area (Å²) >= 11 is 0. The average molecular weight is 254 g/mol. The quantitative estimate of drug-likeness (QED) is 0.421. The van der Waals surface area contributed by atoms with Gasteiger partial charge in [-0.3, -0.25) is 10.1 Å². The van der Waals surface area contributed by atoms with Crippen LogP contribution in [0.5, 0.6) is 0 Å². The molecule has 2 atom stereocenters. The fourth-order valence-corrected chi connectivity index (χ4v) is 2.06. The van der Waals surface area contributed by atoms with Gasteiger partial charge in [-0.25, -0.2) is 0 Å². The summed E-state index contributed by atoms with van der Waals surface area (Å²) in [5.41, 5.74) is 6.29. The van der Waals surface area contributed by atoms with E-state index in [-0.39, 0.29) is 29.5 Å². The molecule has 2 unspecified atom stereocenters. The highest BCUT2D eigenvalue weighted by Gasteiger charge is 2.26. The van der Waals surface area contributed by atoms with Crippen LogP contribution in [0.25, 0.3) is 0 Å². The van der Waals surface area contributed by atoms with Crippen LogP contribution < -0.4 is 5.73 Å². The lowest BCUT2D eigenvalue weighted by Gasteiger charge is -2.18. The zero-order valence-electron chi connectivity index (χ0n) is 10.5. The van der Waals surface area contributed by atoms with Gasteiger partial charge in [0.2, 0.25) is 0 Å². The van der Waals surface area contributed by atoms with Gasteiger partial charge in [-0.2, -0.15) is 0 Å². The summed E-state index contributed by atoms with van der Waals surface area (Å²) in [7, 11) is 0. The van der Waals surface area contributed by atoms with E-state index in [2.05, 4.69) is 0 Å². The van der Waals surface area contributed by atoms with Crippen LogP contribution in [0.1, 0.15) is 43.4 Å². The molecule has 1 aromatic rings. The summed E-state index contributed by atoms with van der Waals surface area (Å²) in [5, 5.41) is 29.7. The molecule has 0 aliphatic heterocycles. The molecular weight excluding hydrogens is 236 g/mol. The number of hydrogen-bond donors (Lipinski definition) is 3. The molecule has 6 heteroatoms. The molecule has 0 saturated carbocycles. The van der Waals surface area contributed by atoms with Crippen molar-refractivity contribution in [1.82, 2.24) is 0 Å². The molecule has 6 nitrogen and oxygen atoms in total. The van der Waals surface area contributed by atoms with Gasteiger partial charge in [-0.1, -0.05) is 13.0 Å². The van der Waals surface area contributed by atoms with Gasteiger partial charge in [0.25, 0.3) is 5.69 Å². The fourth-order valence-electron chi connectivity index (χ4n) is 2.06. The number of hydrogen-bond acceptors (Lipinski definition) is 5. The number of nitrogens with zero attached hydrogens (tertiary/aromatic N) is 1. The van der Waals surface area contributed by atoms with Crippen molar-refractivity contribution in [3.05, 3.63) is 33.4 Å². The second-order valence-corrected chi connectivity index (χ2v) is 4.35. The van der Waals surface area contributed by atoms with E-state index < -0.39 is 11.0 Å². The van der Waals surface area contributed by atoms with Gasteiger partial charge in [-0.05, 0) is 30.9 Å². The van der Waals surface area contributed by atoms with Crippen LogP contribution in [0.15, 0.2) is 12.1 Å². The van der Waals surface area contributed by atoms with Crippen LogP contribution in [0.4, 0.5) is 11.4 Å². The lowest BCUT2D eigenvalue weighted by atomic mass is 9.89. The van der Waals surface area contributed by atoms with Crippen LogP contribution in [0, 0.1) is 10.1 Å². The van der Waals surface area contributed by atoms with Crippen molar-refractivity contribution in [3.8, 4) is 0 Å². The minimum atomic E-state index is -0.981. The summed E-state index contributed by atoms with van der Waals surface area (Å²) in [4.78, 5) is 10.5. The smallest absolute Gasteiger partial charge is 0.298 e. The number of nitro benzene ring substituents is 1. The molecule has 0 bridgehead atoms. The number of rotatable bonds is 5. The number of benzene rings is 1. The molecule has 0 aliphatic rings. The SMILES string of the molecule is CC(O)c1c(C(C)CCO)ccc(N)c1[N+](=O)[O-]. The van der Waals surface area contributed by atoms with E-state index in [1.54, 1.807) is 6.07 Å². The Morgan fingerprint density at radius 1 is 1.44 bits per heavy atom. The van der Waals surface area contributed by atoms with E-state index >= 15 is 0 Å². The summed E-state index contributed by atoms with van der Waals surface area (Å²) in [6.45, 7) is 3.30. The van der Waals surface area contributed by atoms with Crippen molar-refractivity contribution in [2.45, 2.75) is 32.3 Å². The van der Waals surface area contributed by atoms with E-state index in [1.807, 2.05) is 6.92 Å². The lowest BCUT2D eigenvalue weighted by molar-refractivity contribution is -0.385. The van der Waals surface area contributed by atoms with Gasteiger partial charge in [0.1, 0.15) is 5.69 Å². The minimum absolute atomic E-state index is 0.0153. The van der Waals surface area contributed by atoms with Crippen molar-refractivity contribution >= 4 is 11.4 Å². The number of nitrogen functional groups attached to an aromatic ring is 1. The largest absolute Gasteiger partial charge is 0.396 e. The molecular formula is C12H18N2O4. The first-order chi connectivity index (χ1) is 8.40. The van der Waals surface area contributed by atoms with Gasteiger partial charge in [0, 0.05) is 6.61 Å². The summed E-state index contributed by atoms with van der Waals surface area (Å²) in [5.74, 6) is -0.0844. The van der Waals surface area contributed by atoms with Crippen LogP contribution in [0.2, 0.25) is 0 Å². The topological polar surface area (TPSA) is 110 Å². The van der Waals surface area contributed by atoms with Gasteiger partial charge >= 0.3 is 0 Å². The number of aliphatic hydroxyl groups excluding tert-OH is 2. The highest BCUT2D eigenvalue weighted by Crippen LogP contribution is 2.37. The predicted octanol–water partition coefficient (Wildman–Crippen LogP) is 1.72. The van der Waals surface area contributed by atoms with Crippen LogP contribution >= 0.6 is 0 Å². The lowest BCUT2D eigenvalue weighted by Crippen LogP contribution is -2.09. The Labute approximate surface area is 105 Å². The van der Waals surface area contributed by atoms with Gasteiger partial charge in [0.05, 0.1) is 16.6 Å². The Morgan fingerprint density at radius 3 is 2.50 bits per heavy atom. The van der Waals surface area contributed by atoms with Crippen LogP contribution in [0.3, 0.4) is 0 Å². The molecule has 1 aromatic carbocycles. The van der Waals surface area contributed by atoms with Crippen molar-refractivity contribution in [1.29, 1.82) is 0 Å². The molecule has 0 amide bonds. The normalized spacial score (nSPS) is 14.2. The van der Waals surface area contributed by atoms with Crippen molar-refractivity contribution in [3.63, 3.8) is 0 Å². The average Bonchev–Trinajstić information content (AvgIpc) is 2.27. The first kappa shape index (κ1) is 14.4. The predicted molar refractivity (Wildman–Crippen MR) is 68.3 cm³/mol. The number of nitrogens with two attached hydrogens (primary N) is 1. The molecule has 0 aromatic heterocycles. The Bertz CT molecular complexity index is 446. The Hall–Kier alpha value is -1.66. The zero-order valence-corrected chi connectivity index (χ0v) is 10.5. The molecule has 0 spiro atoms. The zero-order chi connectivity index (χ0) is 13.9. The number of nitro groups is 1. The maximum Gasteiger partial charge on any atom is 0.298 e. The molecule has 0 radical (unpaired) electrons. The summed E-state index contributed by atoms with van der Waals surface area (Å²) < 4.78 is 0. The van der Waals surface area contributed by atoms with Gasteiger partial charge in [-0.15, -0.1) is 0 Å². The Balaban J connectivity index is 3.44. The van der Waals surface area contributed by atoms with E-state index in [4.69, 9.17) is 10.8 Å². The third-order valence-electron chi connectivity index (χ3n) is 2.98. The second-order valence-electron chi connectivity index (χ2n) is 4.35. The van der Waals surface area contributed by atoms with E-state index in [1.165, 1.54) is 13.0 Å². The summed E-state index contributed by atoms with van der Waals surface area (Å²) in [6, 6.07) is 3.14. The van der Waals surface area contributed by atoms with Crippen molar-refractivity contribution in [2.75, 3.05) is 12.3 Å². The minimum Gasteiger partial charge on any atom is -0.396 e. The molecule has 1 rings (SSSR count). The molecule has 0 heterocycles. The van der Waals surface area contributed by atoms with E-state index in [0.717, 1.165) is 0 Å². The molecule has 4 N–H and O–H groups in total. The molecule has 0 aliphatic carbocycles. The molecule has 0 saturated heterocycles.